The molecule has 0 aliphatic carbocycles. The van der Waals surface area contributed by atoms with Crippen LogP contribution in [0.4, 0.5) is 9.52 Å². The van der Waals surface area contributed by atoms with Crippen molar-refractivity contribution >= 4 is 16.5 Å². The monoisotopic (exact) mass is 208 g/mol. The van der Waals surface area contributed by atoms with Gasteiger partial charge in [-0.3, -0.25) is 0 Å². The van der Waals surface area contributed by atoms with Crippen LogP contribution in [0.5, 0.6) is 0 Å². The van der Waals surface area contributed by atoms with E-state index in [-0.39, 0.29) is 5.82 Å². The molecule has 0 unspecified atom stereocenters. The van der Waals surface area contributed by atoms with Crippen molar-refractivity contribution in [2.75, 3.05) is 12.4 Å². The molecule has 0 amide bonds. The largest absolute Gasteiger partial charge is 0.365 e. The zero-order valence-corrected chi connectivity index (χ0v) is 8.44. The Labute approximate surface area is 85.4 Å². The molecule has 1 heterocycles. The number of thiazole rings is 1. The van der Waals surface area contributed by atoms with E-state index in [1.165, 1.54) is 12.1 Å². The van der Waals surface area contributed by atoms with Gasteiger partial charge in [0.25, 0.3) is 0 Å². The van der Waals surface area contributed by atoms with Gasteiger partial charge in [-0.05, 0) is 17.7 Å². The predicted molar refractivity (Wildman–Crippen MR) is 57.1 cm³/mol. The highest BCUT2D eigenvalue weighted by Crippen LogP contribution is 2.28. The Morgan fingerprint density at radius 2 is 2.00 bits per heavy atom. The maximum absolute atomic E-state index is 12.6. The molecule has 72 valence electrons. The van der Waals surface area contributed by atoms with Crippen LogP contribution >= 0.6 is 11.3 Å². The summed E-state index contributed by atoms with van der Waals surface area (Å²) < 4.78 is 12.6. The molecule has 2 aromatic rings. The number of nitrogens with zero attached hydrogens (tertiary/aromatic N) is 1. The van der Waals surface area contributed by atoms with Crippen LogP contribution in [0.3, 0.4) is 0 Å². The van der Waals surface area contributed by atoms with Gasteiger partial charge in [0.05, 0.1) is 4.88 Å². The minimum atomic E-state index is -0.216. The fourth-order valence-corrected chi connectivity index (χ4v) is 1.91. The third-order valence-corrected chi connectivity index (χ3v) is 2.91. The highest BCUT2D eigenvalue weighted by Gasteiger charge is 2.02. The van der Waals surface area contributed by atoms with Gasteiger partial charge in [-0.25, -0.2) is 9.37 Å². The lowest BCUT2D eigenvalue weighted by molar-refractivity contribution is 0.628. The first-order valence-corrected chi connectivity index (χ1v) is 5.01. The molecule has 0 aliphatic heterocycles. The normalized spacial score (nSPS) is 10.1. The second kappa shape index (κ2) is 3.75. The number of hydrogen-bond donors (Lipinski definition) is 1. The topological polar surface area (TPSA) is 24.9 Å². The van der Waals surface area contributed by atoms with Crippen molar-refractivity contribution in [1.29, 1.82) is 0 Å². The summed E-state index contributed by atoms with van der Waals surface area (Å²) in [5.74, 6) is -0.216. The average Bonchev–Trinajstić information content (AvgIpc) is 2.67. The summed E-state index contributed by atoms with van der Waals surface area (Å²) in [7, 11) is 1.83. The van der Waals surface area contributed by atoms with Crippen molar-refractivity contribution in [3.05, 3.63) is 36.3 Å². The van der Waals surface area contributed by atoms with Crippen LogP contribution in [0.1, 0.15) is 0 Å². The zero-order chi connectivity index (χ0) is 9.97. The number of nitrogens with one attached hydrogen (secondary N) is 1. The lowest BCUT2D eigenvalue weighted by atomic mass is 10.2. The van der Waals surface area contributed by atoms with E-state index in [4.69, 9.17) is 0 Å². The summed E-state index contributed by atoms with van der Waals surface area (Å²) in [5.41, 5.74) is 0.991. The molecule has 0 bridgehead atoms. The molecule has 1 aromatic heterocycles. The fourth-order valence-electron chi connectivity index (χ4n) is 1.14. The van der Waals surface area contributed by atoms with E-state index in [0.717, 1.165) is 15.6 Å². The van der Waals surface area contributed by atoms with E-state index in [2.05, 4.69) is 10.3 Å². The maximum Gasteiger partial charge on any atom is 0.182 e. The SMILES string of the molecule is CNc1ncc(-c2ccc(F)cc2)s1. The smallest absolute Gasteiger partial charge is 0.182 e. The molecule has 4 heteroatoms. The standard InChI is InChI=1S/C10H9FN2S/c1-12-10-13-6-9(14-10)7-2-4-8(11)5-3-7/h2-6H,1H3,(H,12,13). The molecule has 0 radical (unpaired) electrons. The van der Waals surface area contributed by atoms with Gasteiger partial charge in [0, 0.05) is 13.2 Å². The van der Waals surface area contributed by atoms with Crippen molar-refractivity contribution in [3.8, 4) is 10.4 Å². The van der Waals surface area contributed by atoms with Gasteiger partial charge in [0.1, 0.15) is 5.82 Å². The van der Waals surface area contributed by atoms with Crippen molar-refractivity contribution in [2.45, 2.75) is 0 Å². The van der Waals surface area contributed by atoms with Crippen LogP contribution < -0.4 is 5.32 Å². The number of aromatic nitrogens is 1. The molecular weight excluding hydrogens is 199 g/mol. The van der Waals surface area contributed by atoms with Gasteiger partial charge in [0.2, 0.25) is 0 Å². The van der Waals surface area contributed by atoms with E-state index in [1.807, 2.05) is 7.05 Å². The lowest BCUT2D eigenvalue weighted by Crippen LogP contribution is -1.83. The molecule has 0 fully saturated rings. The van der Waals surface area contributed by atoms with Gasteiger partial charge in [-0.2, -0.15) is 0 Å². The first-order valence-electron chi connectivity index (χ1n) is 4.19. The Bertz CT molecular complexity index is 422. The van der Waals surface area contributed by atoms with Crippen LogP contribution in [-0.4, -0.2) is 12.0 Å². The number of halogens is 1. The lowest BCUT2D eigenvalue weighted by Gasteiger charge is -1.94. The van der Waals surface area contributed by atoms with Crippen LogP contribution in [0.15, 0.2) is 30.5 Å². The molecule has 0 atom stereocenters. The Morgan fingerprint density at radius 3 is 2.57 bits per heavy atom. The van der Waals surface area contributed by atoms with E-state index < -0.39 is 0 Å². The predicted octanol–water partition coefficient (Wildman–Crippen LogP) is 2.99. The summed E-state index contributed by atoms with van der Waals surface area (Å²) in [6, 6.07) is 6.41. The van der Waals surface area contributed by atoms with Gasteiger partial charge in [-0.15, -0.1) is 0 Å². The Hall–Kier alpha value is -1.42. The van der Waals surface area contributed by atoms with Crippen LogP contribution in [-0.2, 0) is 0 Å². The van der Waals surface area contributed by atoms with Gasteiger partial charge < -0.3 is 5.32 Å². The van der Waals surface area contributed by atoms with Gasteiger partial charge >= 0.3 is 0 Å². The number of anilines is 1. The molecule has 1 N–H and O–H groups in total. The third-order valence-electron chi connectivity index (χ3n) is 1.85. The third kappa shape index (κ3) is 1.75. The van der Waals surface area contributed by atoms with Crippen molar-refractivity contribution in [1.82, 2.24) is 4.98 Å². The highest BCUT2D eigenvalue weighted by molar-refractivity contribution is 7.18. The van der Waals surface area contributed by atoms with Crippen LogP contribution in [0.25, 0.3) is 10.4 Å². The summed E-state index contributed by atoms with van der Waals surface area (Å²) in [5, 5.41) is 3.83. The number of benzene rings is 1. The first-order chi connectivity index (χ1) is 6.79. The van der Waals surface area contributed by atoms with Crippen molar-refractivity contribution in [2.24, 2.45) is 0 Å². The molecule has 1 aromatic carbocycles. The molecule has 2 nitrogen and oxygen atoms in total. The quantitative estimate of drug-likeness (QED) is 0.820. The zero-order valence-electron chi connectivity index (χ0n) is 7.62. The summed E-state index contributed by atoms with van der Waals surface area (Å²) >= 11 is 1.55. The van der Waals surface area contributed by atoms with E-state index in [1.54, 1.807) is 29.7 Å². The summed E-state index contributed by atoms with van der Waals surface area (Å²) in [6.07, 6.45) is 1.78. The minimum absolute atomic E-state index is 0.216. The number of hydrogen-bond acceptors (Lipinski definition) is 3. The average molecular weight is 208 g/mol. The Balaban J connectivity index is 2.34. The van der Waals surface area contributed by atoms with Crippen LogP contribution in [0, 0.1) is 5.82 Å². The Morgan fingerprint density at radius 1 is 1.29 bits per heavy atom. The Kier molecular flexibility index (Phi) is 2.45. The summed E-state index contributed by atoms with van der Waals surface area (Å²) in [4.78, 5) is 5.18. The first kappa shape index (κ1) is 9.15. The fraction of sp³-hybridized carbons (Fsp3) is 0.100. The second-order valence-electron chi connectivity index (χ2n) is 2.79. The molecule has 0 aliphatic rings. The molecule has 14 heavy (non-hydrogen) atoms. The van der Waals surface area contributed by atoms with Crippen molar-refractivity contribution < 1.29 is 4.39 Å². The second-order valence-corrected chi connectivity index (χ2v) is 3.82. The summed E-state index contributed by atoms with van der Waals surface area (Å²) in [6.45, 7) is 0. The number of rotatable bonds is 2. The molecule has 0 spiro atoms. The molecule has 2 rings (SSSR count). The molecule has 0 saturated carbocycles. The minimum Gasteiger partial charge on any atom is -0.365 e. The van der Waals surface area contributed by atoms with E-state index in [0.29, 0.717) is 0 Å². The van der Waals surface area contributed by atoms with Crippen molar-refractivity contribution in [3.63, 3.8) is 0 Å². The van der Waals surface area contributed by atoms with E-state index >= 15 is 0 Å². The highest BCUT2D eigenvalue weighted by atomic mass is 32.1. The van der Waals surface area contributed by atoms with Gasteiger partial charge in [0.15, 0.2) is 5.13 Å². The maximum atomic E-state index is 12.6. The molecular formula is C10H9FN2S. The van der Waals surface area contributed by atoms with Gasteiger partial charge in [-0.1, -0.05) is 23.5 Å². The molecule has 0 saturated heterocycles. The van der Waals surface area contributed by atoms with E-state index in [9.17, 15) is 4.39 Å². The van der Waals surface area contributed by atoms with Crippen LogP contribution in [0.2, 0.25) is 0 Å².